The molecule has 0 saturated heterocycles. The number of ether oxygens (including phenoxy) is 1. The molecule has 0 aliphatic rings. The first kappa shape index (κ1) is 16.7. The van der Waals surface area contributed by atoms with E-state index in [1.165, 1.54) is 0 Å². The van der Waals surface area contributed by atoms with E-state index in [4.69, 9.17) is 4.74 Å². The van der Waals surface area contributed by atoms with Gasteiger partial charge in [0, 0.05) is 24.3 Å². The molecule has 3 nitrogen and oxygen atoms in total. The monoisotopic (exact) mass is 329 g/mol. The number of esters is 1. The highest BCUT2D eigenvalue weighted by atomic mass is 16.5. The third kappa shape index (κ3) is 4.42. The first-order chi connectivity index (χ1) is 12.2. The van der Waals surface area contributed by atoms with Gasteiger partial charge < -0.3 is 4.74 Å². The molecule has 3 heteroatoms. The Labute approximate surface area is 147 Å². The van der Waals surface area contributed by atoms with Crippen LogP contribution >= 0.6 is 0 Å². The molecule has 124 valence electrons. The van der Waals surface area contributed by atoms with E-state index in [9.17, 15) is 4.79 Å². The lowest BCUT2D eigenvalue weighted by molar-refractivity contribution is -0.130. The lowest BCUT2D eigenvalue weighted by Gasteiger charge is -2.12. The molecular weight excluding hydrogens is 310 g/mol. The van der Waals surface area contributed by atoms with Gasteiger partial charge >= 0.3 is 5.97 Å². The van der Waals surface area contributed by atoms with Crippen molar-refractivity contribution in [2.24, 2.45) is 0 Å². The summed E-state index contributed by atoms with van der Waals surface area (Å²) in [5.74, 6) is -0.0668. The lowest BCUT2D eigenvalue weighted by atomic mass is 9.96. The van der Waals surface area contributed by atoms with Crippen molar-refractivity contribution < 1.29 is 9.53 Å². The summed E-state index contributed by atoms with van der Waals surface area (Å²) in [4.78, 5) is 16.9. The van der Waals surface area contributed by atoms with Crippen molar-refractivity contribution in [3.63, 3.8) is 0 Å². The maximum Gasteiger partial charge on any atom is 0.341 e. The van der Waals surface area contributed by atoms with Crippen molar-refractivity contribution in [3.8, 4) is 5.88 Å². The van der Waals surface area contributed by atoms with Gasteiger partial charge in [-0.2, -0.15) is 0 Å². The lowest BCUT2D eigenvalue weighted by Crippen LogP contribution is -2.15. The van der Waals surface area contributed by atoms with Gasteiger partial charge in [0.05, 0.1) is 0 Å². The van der Waals surface area contributed by atoms with Gasteiger partial charge in [0.15, 0.2) is 0 Å². The van der Waals surface area contributed by atoms with Crippen LogP contribution in [0.5, 0.6) is 5.88 Å². The van der Waals surface area contributed by atoms with Crippen molar-refractivity contribution >= 4 is 11.5 Å². The smallest absolute Gasteiger partial charge is 0.341 e. The molecule has 0 spiro atoms. The van der Waals surface area contributed by atoms with Crippen LogP contribution in [-0.2, 0) is 11.2 Å². The molecule has 3 aromatic rings. The van der Waals surface area contributed by atoms with Crippen LogP contribution in [-0.4, -0.2) is 11.0 Å². The topological polar surface area (TPSA) is 39.2 Å². The quantitative estimate of drug-likeness (QED) is 0.503. The van der Waals surface area contributed by atoms with Crippen LogP contribution in [0, 0.1) is 0 Å². The van der Waals surface area contributed by atoms with E-state index in [1.54, 1.807) is 24.4 Å². The van der Waals surface area contributed by atoms with E-state index in [1.807, 2.05) is 67.6 Å². The summed E-state index contributed by atoms with van der Waals surface area (Å²) in [5, 5.41) is 0. The number of carbonyl (C=O) groups excluding carboxylic acids is 1. The zero-order valence-corrected chi connectivity index (χ0v) is 14.1. The van der Waals surface area contributed by atoms with Crippen molar-refractivity contribution in [3.05, 3.63) is 102 Å². The minimum atomic E-state index is -0.371. The molecule has 0 N–H and O–H groups in total. The SMILES string of the molecule is CC(=C(Cc1ccccc1)C(=O)Oc1ccccn1)c1ccccc1. The minimum absolute atomic E-state index is 0.305. The second-order valence-corrected chi connectivity index (χ2v) is 5.69. The number of aromatic nitrogens is 1. The molecule has 0 saturated carbocycles. The summed E-state index contributed by atoms with van der Waals surface area (Å²) in [6.07, 6.45) is 2.11. The summed E-state index contributed by atoms with van der Waals surface area (Å²) in [6, 6.07) is 25.0. The minimum Gasteiger partial charge on any atom is -0.404 e. The van der Waals surface area contributed by atoms with E-state index < -0.39 is 0 Å². The van der Waals surface area contributed by atoms with E-state index >= 15 is 0 Å². The van der Waals surface area contributed by atoms with Crippen LogP contribution in [0.1, 0.15) is 18.1 Å². The third-order valence-corrected chi connectivity index (χ3v) is 3.96. The first-order valence-corrected chi connectivity index (χ1v) is 8.16. The molecule has 0 unspecified atom stereocenters. The summed E-state index contributed by atoms with van der Waals surface area (Å²) in [7, 11) is 0. The molecule has 1 heterocycles. The number of allylic oxidation sites excluding steroid dienone is 1. The maximum atomic E-state index is 12.8. The van der Waals surface area contributed by atoms with Gasteiger partial charge in [-0.15, -0.1) is 0 Å². The van der Waals surface area contributed by atoms with Gasteiger partial charge in [-0.25, -0.2) is 9.78 Å². The predicted molar refractivity (Wildman–Crippen MR) is 99.1 cm³/mol. The van der Waals surface area contributed by atoms with Crippen molar-refractivity contribution in [2.75, 3.05) is 0 Å². The van der Waals surface area contributed by atoms with Gasteiger partial charge in [-0.1, -0.05) is 66.7 Å². The van der Waals surface area contributed by atoms with Crippen molar-refractivity contribution in [2.45, 2.75) is 13.3 Å². The van der Waals surface area contributed by atoms with Gasteiger partial charge in [-0.3, -0.25) is 0 Å². The molecule has 0 fully saturated rings. The largest absolute Gasteiger partial charge is 0.404 e. The molecule has 0 aliphatic carbocycles. The number of pyridine rings is 1. The summed E-state index contributed by atoms with van der Waals surface area (Å²) in [5.41, 5.74) is 3.60. The number of nitrogens with zero attached hydrogens (tertiary/aromatic N) is 1. The van der Waals surface area contributed by atoms with Gasteiger partial charge in [0.1, 0.15) is 0 Å². The Balaban J connectivity index is 1.95. The second-order valence-electron chi connectivity index (χ2n) is 5.69. The fourth-order valence-corrected chi connectivity index (χ4v) is 2.58. The highest BCUT2D eigenvalue weighted by molar-refractivity contribution is 5.98. The third-order valence-electron chi connectivity index (χ3n) is 3.96. The van der Waals surface area contributed by atoms with Gasteiger partial charge in [0.25, 0.3) is 0 Å². The Morgan fingerprint density at radius 3 is 2.16 bits per heavy atom. The van der Waals surface area contributed by atoms with E-state index in [2.05, 4.69) is 4.98 Å². The molecule has 0 atom stereocenters. The van der Waals surface area contributed by atoms with Crippen LogP contribution in [0.15, 0.2) is 90.6 Å². The Bertz CT molecular complexity index is 856. The maximum absolute atomic E-state index is 12.8. The van der Waals surface area contributed by atoms with Gasteiger partial charge in [-0.05, 0) is 29.7 Å². The Kier molecular flexibility index (Phi) is 5.37. The highest BCUT2D eigenvalue weighted by Gasteiger charge is 2.17. The van der Waals surface area contributed by atoms with Crippen molar-refractivity contribution in [1.82, 2.24) is 4.98 Å². The average molecular weight is 329 g/mol. The molecule has 0 radical (unpaired) electrons. The molecule has 3 rings (SSSR count). The van der Waals surface area contributed by atoms with Crippen molar-refractivity contribution in [1.29, 1.82) is 0 Å². The molecule has 25 heavy (non-hydrogen) atoms. The molecule has 2 aromatic carbocycles. The molecule has 1 aromatic heterocycles. The number of benzene rings is 2. The molecule has 0 bridgehead atoms. The number of rotatable bonds is 5. The zero-order valence-electron chi connectivity index (χ0n) is 14.1. The molecular formula is C22H19NO2. The summed E-state index contributed by atoms with van der Waals surface area (Å²) in [6.45, 7) is 1.95. The van der Waals surface area contributed by atoms with E-state index in [-0.39, 0.29) is 5.97 Å². The summed E-state index contributed by atoms with van der Waals surface area (Å²) < 4.78 is 5.48. The van der Waals surface area contributed by atoms with Gasteiger partial charge in [0.2, 0.25) is 5.88 Å². The molecule has 0 aliphatic heterocycles. The fourth-order valence-electron chi connectivity index (χ4n) is 2.58. The highest BCUT2D eigenvalue weighted by Crippen LogP contribution is 2.23. The van der Waals surface area contributed by atoms with Crippen LogP contribution in [0.2, 0.25) is 0 Å². The van der Waals surface area contributed by atoms with Crippen LogP contribution in [0.25, 0.3) is 5.57 Å². The van der Waals surface area contributed by atoms with E-state index in [0.717, 1.165) is 16.7 Å². The average Bonchev–Trinajstić information content (AvgIpc) is 2.68. The van der Waals surface area contributed by atoms with Crippen LogP contribution < -0.4 is 4.74 Å². The fraction of sp³-hybridized carbons (Fsp3) is 0.0909. The Hall–Kier alpha value is -3.20. The summed E-state index contributed by atoms with van der Waals surface area (Å²) >= 11 is 0. The Morgan fingerprint density at radius 2 is 1.52 bits per heavy atom. The predicted octanol–water partition coefficient (Wildman–Crippen LogP) is 4.70. The van der Waals surface area contributed by atoms with Crippen LogP contribution in [0.3, 0.4) is 0 Å². The van der Waals surface area contributed by atoms with E-state index in [0.29, 0.717) is 17.9 Å². The number of hydrogen-bond donors (Lipinski definition) is 0. The standard InChI is InChI=1S/C22H19NO2/c1-17(19-12-6-3-7-13-19)20(16-18-10-4-2-5-11-18)22(24)25-21-14-8-9-15-23-21/h2-15H,16H2,1H3. The zero-order chi connectivity index (χ0) is 17.5. The van der Waals surface area contributed by atoms with Crippen LogP contribution in [0.4, 0.5) is 0 Å². The normalized spacial score (nSPS) is 11.6. The Morgan fingerprint density at radius 1 is 0.880 bits per heavy atom. The second kappa shape index (κ2) is 8.06. The molecule has 0 amide bonds. The number of hydrogen-bond acceptors (Lipinski definition) is 3. The number of carbonyl (C=O) groups is 1. The first-order valence-electron chi connectivity index (χ1n) is 8.16.